The molecule has 1 heterocycles. The van der Waals surface area contributed by atoms with Crippen LogP contribution in [0.4, 0.5) is 0 Å². The minimum atomic E-state index is 0.380. The largest absolute Gasteiger partial charge is 0.311 e. The van der Waals surface area contributed by atoms with Gasteiger partial charge < -0.3 is 5.32 Å². The molecule has 0 aromatic rings. The number of hydrogen-bond donors (Lipinski definition) is 1. The Labute approximate surface area is 102 Å². The molecule has 0 amide bonds. The molecule has 2 atom stereocenters. The maximum Gasteiger partial charge on any atom is 0.0249 e. The van der Waals surface area contributed by atoms with Gasteiger partial charge in [0.25, 0.3) is 0 Å². The van der Waals surface area contributed by atoms with Crippen LogP contribution in [0.1, 0.15) is 54.4 Å². The molecule has 16 heavy (non-hydrogen) atoms. The lowest BCUT2D eigenvalue weighted by atomic mass is 9.86. The smallest absolute Gasteiger partial charge is 0.0249 e. The lowest BCUT2D eigenvalue weighted by Gasteiger charge is -2.51. The van der Waals surface area contributed by atoms with Crippen molar-refractivity contribution in [2.45, 2.75) is 72.0 Å². The summed E-state index contributed by atoms with van der Waals surface area (Å²) in [5, 5.41) is 3.62. The highest BCUT2D eigenvalue weighted by Gasteiger charge is 2.38. The molecule has 96 valence electrons. The highest BCUT2D eigenvalue weighted by Crippen LogP contribution is 2.30. The number of nitrogens with zero attached hydrogens (tertiary/aromatic N) is 1. The molecule has 1 saturated heterocycles. The Kier molecular flexibility index (Phi) is 4.81. The van der Waals surface area contributed by atoms with Gasteiger partial charge in [-0.15, -0.1) is 0 Å². The van der Waals surface area contributed by atoms with Crippen molar-refractivity contribution < 1.29 is 0 Å². The zero-order valence-electron chi connectivity index (χ0n) is 12.0. The number of rotatable bonds is 4. The summed E-state index contributed by atoms with van der Waals surface area (Å²) in [4.78, 5) is 2.76. The summed E-state index contributed by atoms with van der Waals surface area (Å²) in [6, 6.07) is 1.33. The fourth-order valence-corrected chi connectivity index (χ4v) is 2.80. The molecule has 1 N–H and O–H groups in total. The van der Waals surface area contributed by atoms with Gasteiger partial charge in [-0.3, -0.25) is 4.90 Å². The molecule has 2 unspecified atom stereocenters. The minimum absolute atomic E-state index is 0.380. The van der Waals surface area contributed by atoms with Crippen LogP contribution < -0.4 is 5.32 Å². The monoisotopic (exact) mass is 226 g/mol. The number of nitrogens with one attached hydrogen (secondary N) is 1. The molecule has 1 rings (SSSR count). The topological polar surface area (TPSA) is 15.3 Å². The van der Waals surface area contributed by atoms with Crippen molar-refractivity contribution in [2.75, 3.05) is 13.1 Å². The lowest BCUT2D eigenvalue weighted by molar-refractivity contribution is -0.00187. The Bertz CT molecular complexity index is 209. The van der Waals surface area contributed by atoms with Crippen LogP contribution in [0.3, 0.4) is 0 Å². The SMILES string of the molecule is CCC(C)(CC)N1CC(C)NCC1C(C)C. The fourth-order valence-electron chi connectivity index (χ4n) is 2.80. The number of piperazine rings is 1. The van der Waals surface area contributed by atoms with E-state index in [-0.39, 0.29) is 0 Å². The van der Waals surface area contributed by atoms with Crippen LogP contribution in [0, 0.1) is 5.92 Å². The van der Waals surface area contributed by atoms with E-state index >= 15 is 0 Å². The Morgan fingerprint density at radius 2 is 1.88 bits per heavy atom. The molecule has 1 fully saturated rings. The number of hydrogen-bond acceptors (Lipinski definition) is 2. The van der Waals surface area contributed by atoms with E-state index in [0.717, 1.165) is 12.5 Å². The average molecular weight is 226 g/mol. The van der Waals surface area contributed by atoms with Gasteiger partial charge in [0.15, 0.2) is 0 Å². The third kappa shape index (κ3) is 2.78. The van der Waals surface area contributed by atoms with Gasteiger partial charge in [-0.25, -0.2) is 0 Å². The van der Waals surface area contributed by atoms with Gasteiger partial charge in [0.05, 0.1) is 0 Å². The minimum Gasteiger partial charge on any atom is -0.311 e. The van der Waals surface area contributed by atoms with Gasteiger partial charge in [0.1, 0.15) is 0 Å². The predicted octanol–water partition coefficient (Wildman–Crippen LogP) is 2.88. The molecule has 1 aliphatic rings. The average Bonchev–Trinajstić information content (AvgIpc) is 2.27. The molecule has 0 aromatic carbocycles. The van der Waals surface area contributed by atoms with E-state index in [2.05, 4.69) is 51.8 Å². The second-order valence-corrected chi connectivity index (χ2v) is 5.98. The molecule has 0 aromatic heterocycles. The van der Waals surface area contributed by atoms with Gasteiger partial charge in [0, 0.05) is 30.7 Å². The standard InChI is InChI=1S/C14H30N2/c1-7-14(6,8-2)16-10-12(5)15-9-13(16)11(3)4/h11-13,15H,7-10H2,1-6H3. The molecule has 0 bridgehead atoms. The summed E-state index contributed by atoms with van der Waals surface area (Å²) >= 11 is 0. The Balaban J connectivity index is 2.85. The molecule has 0 spiro atoms. The normalized spacial score (nSPS) is 28.7. The summed E-state index contributed by atoms with van der Waals surface area (Å²) in [7, 11) is 0. The van der Waals surface area contributed by atoms with E-state index in [1.54, 1.807) is 0 Å². The van der Waals surface area contributed by atoms with E-state index < -0.39 is 0 Å². The quantitative estimate of drug-likeness (QED) is 0.793. The predicted molar refractivity (Wildman–Crippen MR) is 71.8 cm³/mol. The van der Waals surface area contributed by atoms with Crippen molar-refractivity contribution in [3.05, 3.63) is 0 Å². The van der Waals surface area contributed by atoms with Crippen LogP contribution in [0.5, 0.6) is 0 Å². The lowest BCUT2D eigenvalue weighted by Crippen LogP contribution is -2.64. The van der Waals surface area contributed by atoms with E-state index in [0.29, 0.717) is 17.6 Å². The molecular weight excluding hydrogens is 196 g/mol. The van der Waals surface area contributed by atoms with Crippen molar-refractivity contribution in [1.29, 1.82) is 0 Å². The maximum absolute atomic E-state index is 3.62. The van der Waals surface area contributed by atoms with Gasteiger partial charge in [0.2, 0.25) is 0 Å². The van der Waals surface area contributed by atoms with Crippen LogP contribution in [0.25, 0.3) is 0 Å². The molecule has 2 heteroatoms. The van der Waals surface area contributed by atoms with Gasteiger partial charge in [-0.2, -0.15) is 0 Å². The van der Waals surface area contributed by atoms with E-state index in [1.165, 1.54) is 19.4 Å². The van der Waals surface area contributed by atoms with E-state index in [9.17, 15) is 0 Å². The van der Waals surface area contributed by atoms with Crippen LogP contribution in [0.2, 0.25) is 0 Å². The first kappa shape index (κ1) is 14.0. The zero-order valence-corrected chi connectivity index (χ0v) is 12.0. The van der Waals surface area contributed by atoms with E-state index in [1.807, 2.05) is 0 Å². The first-order valence-corrected chi connectivity index (χ1v) is 6.94. The highest BCUT2D eigenvalue weighted by molar-refractivity contribution is 4.95. The van der Waals surface area contributed by atoms with Crippen LogP contribution >= 0.6 is 0 Å². The van der Waals surface area contributed by atoms with Crippen molar-refractivity contribution in [3.63, 3.8) is 0 Å². The summed E-state index contributed by atoms with van der Waals surface area (Å²) < 4.78 is 0. The van der Waals surface area contributed by atoms with Gasteiger partial charge in [-0.05, 0) is 32.6 Å². The highest BCUT2D eigenvalue weighted by atomic mass is 15.3. The van der Waals surface area contributed by atoms with Crippen molar-refractivity contribution >= 4 is 0 Å². The summed E-state index contributed by atoms with van der Waals surface area (Å²) in [6.07, 6.45) is 2.50. The van der Waals surface area contributed by atoms with Gasteiger partial charge >= 0.3 is 0 Å². The van der Waals surface area contributed by atoms with Crippen molar-refractivity contribution in [2.24, 2.45) is 5.92 Å². The first-order chi connectivity index (χ1) is 7.44. The second kappa shape index (κ2) is 5.50. The zero-order chi connectivity index (χ0) is 12.3. The first-order valence-electron chi connectivity index (χ1n) is 6.94. The van der Waals surface area contributed by atoms with Crippen molar-refractivity contribution in [3.8, 4) is 0 Å². The fraction of sp³-hybridized carbons (Fsp3) is 1.00. The molecule has 2 nitrogen and oxygen atoms in total. The summed E-state index contributed by atoms with van der Waals surface area (Å²) in [5.74, 6) is 0.734. The molecule has 1 aliphatic heterocycles. The Hall–Kier alpha value is -0.0800. The molecule has 0 saturated carbocycles. The van der Waals surface area contributed by atoms with Crippen LogP contribution in [-0.2, 0) is 0 Å². The molecular formula is C14H30N2. The third-order valence-electron chi connectivity index (χ3n) is 4.53. The Morgan fingerprint density at radius 1 is 1.31 bits per heavy atom. The van der Waals surface area contributed by atoms with Crippen molar-refractivity contribution in [1.82, 2.24) is 10.2 Å². The van der Waals surface area contributed by atoms with E-state index in [4.69, 9.17) is 0 Å². The summed E-state index contributed by atoms with van der Waals surface area (Å²) in [6.45, 7) is 16.4. The second-order valence-electron chi connectivity index (χ2n) is 5.98. The maximum atomic E-state index is 3.62. The third-order valence-corrected chi connectivity index (χ3v) is 4.53. The van der Waals surface area contributed by atoms with Gasteiger partial charge in [-0.1, -0.05) is 27.7 Å². The molecule has 0 aliphatic carbocycles. The Morgan fingerprint density at radius 3 is 2.31 bits per heavy atom. The van der Waals surface area contributed by atoms with Crippen LogP contribution in [-0.4, -0.2) is 35.6 Å². The van der Waals surface area contributed by atoms with Crippen LogP contribution in [0.15, 0.2) is 0 Å². The summed E-state index contributed by atoms with van der Waals surface area (Å²) in [5.41, 5.74) is 0.380. The molecule has 0 radical (unpaired) electrons.